The maximum atomic E-state index is 6.14. The van der Waals surface area contributed by atoms with Gasteiger partial charge in [0.2, 0.25) is 0 Å². The summed E-state index contributed by atoms with van der Waals surface area (Å²) >= 11 is 1.81. The van der Waals surface area contributed by atoms with Crippen molar-refractivity contribution in [2.45, 2.75) is 51.4 Å². The van der Waals surface area contributed by atoms with Crippen molar-refractivity contribution in [1.29, 1.82) is 0 Å². The normalized spacial score (nSPS) is 16.8. The van der Waals surface area contributed by atoms with E-state index in [0.717, 1.165) is 6.54 Å². The average Bonchev–Trinajstić information content (AvgIpc) is 2.99. The van der Waals surface area contributed by atoms with Crippen LogP contribution >= 0.6 is 11.3 Å². The topological polar surface area (TPSA) is 47.1 Å². The van der Waals surface area contributed by atoms with Gasteiger partial charge in [-0.1, -0.05) is 6.07 Å². The van der Waals surface area contributed by atoms with Crippen LogP contribution in [0.2, 0.25) is 0 Å². The molecule has 0 bridgehead atoms. The highest BCUT2D eigenvalue weighted by molar-refractivity contribution is 7.09. The first-order valence-corrected chi connectivity index (χ1v) is 8.58. The quantitative estimate of drug-likeness (QED) is 0.854. The van der Waals surface area contributed by atoms with E-state index in [4.69, 9.17) is 5.73 Å². The maximum Gasteiger partial charge on any atom is 0.0951 e. The number of hydrogen-bond donors (Lipinski definition) is 1. The number of aromatic nitrogens is 2. The molecule has 0 saturated heterocycles. The van der Waals surface area contributed by atoms with Crippen molar-refractivity contribution >= 4 is 11.3 Å². The van der Waals surface area contributed by atoms with Gasteiger partial charge in [0.05, 0.1) is 18.1 Å². The third kappa shape index (κ3) is 3.20. The summed E-state index contributed by atoms with van der Waals surface area (Å²) in [6, 6.07) is 5.64. The van der Waals surface area contributed by atoms with Crippen LogP contribution in [-0.2, 0) is 6.54 Å². The molecule has 1 atom stereocenters. The Hall–Kier alpha value is -1.17. The highest BCUT2D eigenvalue weighted by atomic mass is 32.1. The minimum atomic E-state index is 0.232. The van der Waals surface area contributed by atoms with Gasteiger partial charge in [0.25, 0.3) is 0 Å². The Kier molecular flexibility index (Phi) is 4.42. The summed E-state index contributed by atoms with van der Waals surface area (Å²) in [5.41, 5.74) is 7.41. The number of thiophene rings is 1. The van der Waals surface area contributed by atoms with Gasteiger partial charge in [-0.2, -0.15) is 0 Å². The van der Waals surface area contributed by atoms with Crippen LogP contribution in [0.5, 0.6) is 0 Å². The van der Waals surface area contributed by atoms with Crippen LogP contribution in [0.15, 0.2) is 30.0 Å². The zero-order valence-electron chi connectivity index (χ0n) is 12.8. The van der Waals surface area contributed by atoms with Crippen molar-refractivity contribution in [2.75, 3.05) is 6.54 Å². The average molecular weight is 304 g/mol. The Morgan fingerprint density at radius 3 is 2.86 bits per heavy atom. The van der Waals surface area contributed by atoms with E-state index in [0.29, 0.717) is 18.6 Å². The van der Waals surface area contributed by atoms with Crippen molar-refractivity contribution in [1.82, 2.24) is 14.5 Å². The minimum Gasteiger partial charge on any atom is -0.330 e. The Morgan fingerprint density at radius 2 is 2.29 bits per heavy atom. The summed E-state index contributed by atoms with van der Waals surface area (Å²) in [7, 11) is 0. The van der Waals surface area contributed by atoms with E-state index in [1.54, 1.807) is 0 Å². The molecule has 4 nitrogen and oxygen atoms in total. The second-order valence-electron chi connectivity index (χ2n) is 6.05. The third-order valence-electron chi connectivity index (χ3n) is 4.18. The molecule has 5 heteroatoms. The standard InChI is InChI=1S/C16H24N4S/c1-12(2)19(10-14-4-3-7-21-14)15(8-17)16-9-18-11-20(16)13-5-6-13/h3-4,7,9,11-13,15H,5-6,8,10,17H2,1-2H3. The molecular weight excluding hydrogens is 280 g/mol. The zero-order valence-corrected chi connectivity index (χ0v) is 13.6. The van der Waals surface area contributed by atoms with Gasteiger partial charge in [-0.15, -0.1) is 11.3 Å². The first-order chi connectivity index (χ1) is 10.2. The molecule has 0 radical (unpaired) electrons. The summed E-state index contributed by atoms with van der Waals surface area (Å²) in [6.07, 6.45) is 6.51. The molecule has 1 aliphatic carbocycles. The second-order valence-corrected chi connectivity index (χ2v) is 7.09. The van der Waals surface area contributed by atoms with Gasteiger partial charge in [-0.05, 0) is 38.1 Å². The molecule has 0 aromatic carbocycles. The van der Waals surface area contributed by atoms with Crippen LogP contribution < -0.4 is 5.73 Å². The van der Waals surface area contributed by atoms with Gasteiger partial charge in [0.1, 0.15) is 0 Å². The summed E-state index contributed by atoms with van der Waals surface area (Å²) in [6.45, 7) is 6.07. The van der Waals surface area contributed by atoms with Crippen molar-refractivity contribution < 1.29 is 0 Å². The Labute approximate surface area is 130 Å². The van der Waals surface area contributed by atoms with Gasteiger partial charge in [-0.25, -0.2) is 4.98 Å². The van der Waals surface area contributed by atoms with E-state index >= 15 is 0 Å². The molecule has 1 unspecified atom stereocenters. The van der Waals surface area contributed by atoms with Gasteiger partial charge in [0, 0.05) is 36.2 Å². The van der Waals surface area contributed by atoms with Crippen molar-refractivity contribution in [2.24, 2.45) is 5.73 Å². The van der Waals surface area contributed by atoms with Crippen molar-refractivity contribution in [3.8, 4) is 0 Å². The molecule has 2 heterocycles. The predicted octanol–water partition coefficient (Wildman–Crippen LogP) is 3.19. The van der Waals surface area contributed by atoms with E-state index < -0.39 is 0 Å². The minimum absolute atomic E-state index is 0.232. The van der Waals surface area contributed by atoms with Gasteiger partial charge in [-0.3, -0.25) is 4.90 Å². The van der Waals surface area contributed by atoms with Crippen LogP contribution in [0.1, 0.15) is 49.3 Å². The molecule has 1 fully saturated rings. The number of hydrogen-bond acceptors (Lipinski definition) is 4. The summed E-state index contributed by atoms with van der Waals surface area (Å²) < 4.78 is 2.33. The van der Waals surface area contributed by atoms with Crippen molar-refractivity contribution in [3.05, 3.63) is 40.6 Å². The molecule has 1 aliphatic rings. The highest BCUT2D eigenvalue weighted by Gasteiger charge is 2.30. The van der Waals surface area contributed by atoms with E-state index in [2.05, 4.69) is 45.8 Å². The number of imidazole rings is 1. The van der Waals surface area contributed by atoms with Crippen LogP contribution in [-0.4, -0.2) is 27.0 Å². The highest BCUT2D eigenvalue weighted by Crippen LogP contribution is 2.38. The largest absolute Gasteiger partial charge is 0.330 e. The SMILES string of the molecule is CC(C)N(Cc1cccs1)C(CN)c1cncn1C1CC1. The monoisotopic (exact) mass is 304 g/mol. The maximum absolute atomic E-state index is 6.14. The molecule has 2 aromatic heterocycles. The molecule has 0 aliphatic heterocycles. The van der Waals surface area contributed by atoms with Gasteiger partial charge < -0.3 is 10.3 Å². The Bertz CT molecular complexity index is 557. The number of nitrogens with two attached hydrogens (primary N) is 1. The van der Waals surface area contributed by atoms with Crippen LogP contribution in [0, 0.1) is 0 Å². The smallest absolute Gasteiger partial charge is 0.0951 e. The lowest BCUT2D eigenvalue weighted by Crippen LogP contribution is -2.39. The molecule has 2 aromatic rings. The molecule has 21 heavy (non-hydrogen) atoms. The lowest BCUT2D eigenvalue weighted by molar-refractivity contribution is 0.143. The van der Waals surface area contributed by atoms with Crippen molar-refractivity contribution in [3.63, 3.8) is 0 Å². The fourth-order valence-electron chi connectivity index (χ4n) is 2.89. The van der Waals surface area contributed by atoms with Gasteiger partial charge in [0.15, 0.2) is 0 Å². The lowest BCUT2D eigenvalue weighted by atomic mass is 10.1. The summed E-state index contributed by atoms with van der Waals surface area (Å²) in [4.78, 5) is 8.25. The molecule has 114 valence electrons. The first-order valence-electron chi connectivity index (χ1n) is 7.70. The number of rotatable bonds is 7. The van der Waals surface area contributed by atoms with Crippen LogP contribution in [0.3, 0.4) is 0 Å². The van der Waals surface area contributed by atoms with E-state index in [9.17, 15) is 0 Å². The van der Waals surface area contributed by atoms with E-state index in [1.807, 2.05) is 23.9 Å². The number of nitrogens with zero attached hydrogens (tertiary/aromatic N) is 3. The molecule has 2 N–H and O–H groups in total. The first kappa shape index (κ1) is 14.8. The van der Waals surface area contributed by atoms with Gasteiger partial charge >= 0.3 is 0 Å². The molecule has 3 rings (SSSR count). The molecular formula is C16H24N4S. The summed E-state index contributed by atoms with van der Waals surface area (Å²) in [5.74, 6) is 0. The predicted molar refractivity (Wildman–Crippen MR) is 87.3 cm³/mol. The lowest BCUT2D eigenvalue weighted by Gasteiger charge is -2.34. The van der Waals surface area contributed by atoms with Crippen LogP contribution in [0.25, 0.3) is 0 Å². The molecule has 0 spiro atoms. The molecule has 1 saturated carbocycles. The third-order valence-corrected chi connectivity index (χ3v) is 5.04. The summed E-state index contributed by atoms with van der Waals surface area (Å²) in [5, 5.41) is 2.14. The second kappa shape index (κ2) is 6.30. The van der Waals surface area contributed by atoms with E-state index in [1.165, 1.54) is 23.4 Å². The molecule has 0 amide bonds. The Morgan fingerprint density at radius 1 is 1.48 bits per heavy atom. The van der Waals surface area contributed by atoms with Crippen LogP contribution in [0.4, 0.5) is 0 Å². The zero-order chi connectivity index (χ0) is 14.8. The van der Waals surface area contributed by atoms with E-state index in [-0.39, 0.29) is 6.04 Å². The fourth-order valence-corrected chi connectivity index (χ4v) is 3.60. The Balaban J connectivity index is 1.85. The fraction of sp³-hybridized carbons (Fsp3) is 0.562.